The lowest BCUT2D eigenvalue weighted by Gasteiger charge is -2.19. The van der Waals surface area contributed by atoms with Crippen molar-refractivity contribution >= 4 is 17.3 Å². The van der Waals surface area contributed by atoms with Gasteiger partial charge in [-0.15, -0.1) is 0 Å². The van der Waals surface area contributed by atoms with E-state index < -0.39 is 4.92 Å². The van der Waals surface area contributed by atoms with Gasteiger partial charge in [-0.25, -0.2) is 0 Å². The second-order valence-corrected chi connectivity index (χ2v) is 4.42. The molecule has 0 aliphatic carbocycles. The van der Waals surface area contributed by atoms with Gasteiger partial charge in [0.1, 0.15) is 5.69 Å². The van der Waals surface area contributed by atoms with Crippen molar-refractivity contribution in [3.05, 3.63) is 33.9 Å². The second-order valence-electron chi connectivity index (χ2n) is 4.42. The quantitative estimate of drug-likeness (QED) is 0.442. The first-order chi connectivity index (χ1) is 9.51. The summed E-state index contributed by atoms with van der Waals surface area (Å²) >= 11 is 0. The molecule has 0 bridgehead atoms. The number of nitrogens with zero attached hydrogens (tertiary/aromatic N) is 2. The topological polar surface area (TPSA) is 87.5 Å². The Labute approximate surface area is 118 Å². The van der Waals surface area contributed by atoms with E-state index in [9.17, 15) is 14.9 Å². The Bertz CT molecular complexity index is 491. The number of rotatable bonds is 7. The largest absolute Gasteiger partial charge is 0.369 e. The Balaban J connectivity index is 3.05. The summed E-state index contributed by atoms with van der Waals surface area (Å²) in [5.74, 6) is -0.259. The molecule has 0 saturated heterocycles. The summed E-state index contributed by atoms with van der Waals surface area (Å²) in [6.07, 6.45) is 0.856. The molecule has 2 N–H and O–H groups in total. The molecule has 20 heavy (non-hydrogen) atoms. The summed E-state index contributed by atoms with van der Waals surface area (Å²) in [6, 6.07) is 4.38. The number of nitro benzene ring substituents is 1. The number of nitrogens with one attached hydrogen (secondary N) is 2. The SMILES string of the molecule is CNCCCN(C)c1cc(C(=O)NC)ccc1[N+](=O)[O-]. The maximum atomic E-state index is 11.6. The van der Waals surface area contributed by atoms with Crippen LogP contribution < -0.4 is 15.5 Å². The summed E-state index contributed by atoms with van der Waals surface area (Å²) in [4.78, 5) is 24.1. The van der Waals surface area contributed by atoms with E-state index in [1.807, 2.05) is 7.05 Å². The van der Waals surface area contributed by atoms with E-state index in [1.165, 1.54) is 19.2 Å². The van der Waals surface area contributed by atoms with Crippen molar-refractivity contribution in [2.75, 3.05) is 39.1 Å². The summed E-state index contributed by atoms with van der Waals surface area (Å²) in [5.41, 5.74) is 0.866. The summed E-state index contributed by atoms with van der Waals surface area (Å²) in [5, 5.41) is 16.6. The van der Waals surface area contributed by atoms with Crippen LogP contribution in [0.5, 0.6) is 0 Å². The third-order valence-electron chi connectivity index (χ3n) is 2.99. The molecule has 0 spiro atoms. The summed E-state index contributed by atoms with van der Waals surface area (Å²) < 4.78 is 0. The molecule has 0 fully saturated rings. The fourth-order valence-corrected chi connectivity index (χ4v) is 1.88. The second kappa shape index (κ2) is 7.44. The molecule has 1 rings (SSSR count). The first kappa shape index (κ1) is 15.9. The zero-order chi connectivity index (χ0) is 15.1. The molecule has 0 heterocycles. The molecular formula is C13H20N4O3. The van der Waals surface area contributed by atoms with E-state index in [1.54, 1.807) is 18.0 Å². The summed E-state index contributed by atoms with van der Waals surface area (Å²) in [6.45, 7) is 1.49. The van der Waals surface area contributed by atoms with E-state index in [-0.39, 0.29) is 11.6 Å². The van der Waals surface area contributed by atoms with Crippen LogP contribution in [0.25, 0.3) is 0 Å². The maximum absolute atomic E-state index is 11.6. The zero-order valence-corrected chi connectivity index (χ0v) is 12.0. The highest BCUT2D eigenvalue weighted by Gasteiger charge is 2.19. The number of carbonyl (C=O) groups is 1. The number of hydrogen-bond donors (Lipinski definition) is 2. The average molecular weight is 280 g/mol. The van der Waals surface area contributed by atoms with Crippen LogP contribution in [-0.4, -0.2) is 45.1 Å². The first-order valence-corrected chi connectivity index (χ1v) is 6.37. The molecule has 7 heteroatoms. The lowest BCUT2D eigenvalue weighted by atomic mass is 10.1. The molecule has 0 unspecified atom stereocenters. The van der Waals surface area contributed by atoms with Crippen LogP contribution in [0.1, 0.15) is 16.8 Å². The molecule has 1 amide bonds. The molecule has 110 valence electrons. The third kappa shape index (κ3) is 3.92. The first-order valence-electron chi connectivity index (χ1n) is 6.37. The van der Waals surface area contributed by atoms with Crippen molar-refractivity contribution in [3.8, 4) is 0 Å². The van der Waals surface area contributed by atoms with Gasteiger partial charge in [0.2, 0.25) is 0 Å². The molecule has 0 aliphatic heterocycles. The van der Waals surface area contributed by atoms with E-state index in [4.69, 9.17) is 0 Å². The number of carbonyl (C=O) groups excluding carboxylic acids is 1. The van der Waals surface area contributed by atoms with Gasteiger partial charge in [0.05, 0.1) is 4.92 Å². The lowest BCUT2D eigenvalue weighted by molar-refractivity contribution is -0.384. The van der Waals surface area contributed by atoms with Crippen molar-refractivity contribution in [2.45, 2.75) is 6.42 Å². The predicted molar refractivity (Wildman–Crippen MR) is 78.3 cm³/mol. The normalized spacial score (nSPS) is 10.2. The van der Waals surface area contributed by atoms with E-state index in [2.05, 4.69) is 10.6 Å². The highest BCUT2D eigenvalue weighted by molar-refractivity contribution is 5.95. The number of amides is 1. The van der Waals surface area contributed by atoms with Crippen LogP contribution in [0.15, 0.2) is 18.2 Å². The fourth-order valence-electron chi connectivity index (χ4n) is 1.88. The monoisotopic (exact) mass is 280 g/mol. The van der Waals surface area contributed by atoms with Gasteiger partial charge < -0.3 is 15.5 Å². The Kier molecular flexibility index (Phi) is 5.92. The molecule has 7 nitrogen and oxygen atoms in total. The maximum Gasteiger partial charge on any atom is 0.292 e. The van der Waals surface area contributed by atoms with E-state index >= 15 is 0 Å². The van der Waals surface area contributed by atoms with Crippen molar-refractivity contribution in [3.63, 3.8) is 0 Å². The molecule has 1 aromatic carbocycles. The standard InChI is InChI=1S/C13H20N4O3/c1-14-7-4-8-16(3)12-9-10(13(18)15-2)5-6-11(12)17(19)20/h5-6,9,14H,4,7-8H2,1-3H3,(H,15,18). The molecule has 0 radical (unpaired) electrons. The van der Waals surface area contributed by atoms with E-state index in [0.717, 1.165) is 13.0 Å². The van der Waals surface area contributed by atoms with E-state index in [0.29, 0.717) is 17.8 Å². The fraction of sp³-hybridized carbons (Fsp3) is 0.462. The smallest absolute Gasteiger partial charge is 0.292 e. The Morgan fingerprint density at radius 3 is 2.65 bits per heavy atom. The van der Waals surface area contributed by atoms with Gasteiger partial charge in [0.15, 0.2) is 0 Å². The lowest BCUT2D eigenvalue weighted by Crippen LogP contribution is -2.24. The third-order valence-corrected chi connectivity index (χ3v) is 2.99. The Hall–Kier alpha value is -2.15. The van der Waals surface area contributed by atoms with Crippen molar-refractivity contribution < 1.29 is 9.72 Å². The molecule has 0 aliphatic rings. The van der Waals surface area contributed by atoms with Crippen LogP contribution >= 0.6 is 0 Å². The highest BCUT2D eigenvalue weighted by Crippen LogP contribution is 2.28. The number of hydrogen-bond acceptors (Lipinski definition) is 5. The van der Waals surface area contributed by atoms with Gasteiger partial charge >= 0.3 is 0 Å². The minimum atomic E-state index is -0.433. The average Bonchev–Trinajstić information content (AvgIpc) is 2.45. The molecule has 0 atom stereocenters. The number of nitro groups is 1. The molecule has 0 aromatic heterocycles. The number of anilines is 1. The van der Waals surface area contributed by atoms with Crippen molar-refractivity contribution in [2.24, 2.45) is 0 Å². The van der Waals surface area contributed by atoms with Crippen LogP contribution in [0.2, 0.25) is 0 Å². The van der Waals surface area contributed by atoms with Gasteiger partial charge in [0, 0.05) is 32.3 Å². The Morgan fingerprint density at radius 1 is 1.40 bits per heavy atom. The van der Waals surface area contributed by atoms with Crippen LogP contribution in [0.3, 0.4) is 0 Å². The van der Waals surface area contributed by atoms with Gasteiger partial charge in [-0.05, 0) is 32.1 Å². The van der Waals surface area contributed by atoms with Gasteiger partial charge in [-0.2, -0.15) is 0 Å². The molecule has 1 aromatic rings. The van der Waals surface area contributed by atoms with Gasteiger partial charge in [0.25, 0.3) is 11.6 Å². The molecular weight excluding hydrogens is 260 g/mol. The highest BCUT2D eigenvalue weighted by atomic mass is 16.6. The van der Waals surface area contributed by atoms with Crippen LogP contribution in [0, 0.1) is 10.1 Å². The van der Waals surface area contributed by atoms with Crippen molar-refractivity contribution in [1.29, 1.82) is 0 Å². The number of benzene rings is 1. The van der Waals surface area contributed by atoms with Gasteiger partial charge in [-0.3, -0.25) is 14.9 Å². The van der Waals surface area contributed by atoms with Gasteiger partial charge in [-0.1, -0.05) is 0 Å². The van der Waals surface area contributed by atoms with Crippen LogP contribution in [-0.2, 0) is 0 Å². The minimum Gasteiger partial charge on any atom is -0.369 e. The molecule has 0 saturated carbocycles. The zero-order valence-electron chi connectivity index (χ0n) is 12.0. The summed E-state index contributed by atoms with van der Waals surface area (Å²) in [7, 11) is 5.17. The minimum absolute atomic E-state index is 0.00427. The predicted octanol–water partition coefficient (Wildman–Crippen LogP) is 1.00. The van der Waals surface area contributed by atoms with Crippen molar-refractivity contribution in [1.82, 2.24) is 10.6 Å². The Morgan fingerprint density at radius 2 is 2.10 bits per heavy atom. The van der Waals surface area contributed by atoms with Crippen LogP contribution in [0.4, 0.5) is 11.4 Å².